The SMILES string of the molecule is Fc1ccc([C@H]2C[C@H](c3ccc(Cl)cc3)Nc3nnnn32)cc1. The molecule has 2 atom stereocenters. The molecule has 2 heterocycles. The van der Waals surface area contributed by atoms with Crippen LogP contribution in [0.2, 0.25) is 5.02 Å². The largest absolute Gasteiger partial charge is 0.346 e. The highest BCUT2D eigenvalue weighted by molar-refractivity contribution is 6.30. The lowest BCUT2D eigenvalue weighted by Gasteiger charge is -2.31. The third-order valence-corrected chi connectivity index (χ3v) is 4.33. The van der Waals surface area contributed by atoms with Crippen molar-refractivity contribution in [2.75, 3.05) is 5.32 Å². The highest BCUT2D eigenvalue weighted by Crippen LogP contribution is 2.37. The molecule has 1 aliphatic rings. The molecule has 1 N–H and O–H groups in total. The molecule has 0 saturated heterocycles. The van der Waals surface area contributed by atoms with Crippen LogP contribution in [0.1, 0.15) is 29.6 Å². The summed E-state index contributed by atoms with van der Waals surface area (Å²) < 4.78 is 14.9. The molecule has 0 radical (unpaired) electrons. The minimum Gasteiger partial charge on any atom is -0.346 e. The number of nitrogens with zero attached hydrogens (tertiary/aromatic N) is 4. The molecule has 0 spiro atoms. The van der Waals surface area contributed by atoms with Crippen molar-refractivity contribution in [3.8, 4) is 0 Å². The van der Waals surface area contributed by atoms with Gasteiger partial charge in [0.25, 0.3) is 0 Å². The highest BCUT2D eigenvalue weighted by atomic mass is 35.5. The predicted octanol–water partition coefficient (Wildman–Crippen LogP) is 3.61. The Bertz CT molecular complexity index is 815. The second-order valence-electron chi connectivity index (χ2n) is 5.50. The maximum atomic E-state index is 13.2. The summed E-state index contributed by atoms with van der Waals surface area (Å²) in [6.45, 7) is 0. The van der Waals surface area contributed by atoms with Crippen molar-refractivity contribution < 1.29 is 4.39 Å². The number of nitrogens with one attached hydrogen (secondary N) is 1. The third kappa shape index (κ3) is 2.66. The topological polar surface area (TPSA) is 55.6 Å². The monoisotopic (exact) mass is 329 g/mol. The van der Waals surface area contributed by atoms with Crippen LogP contribution in [0.4, 0.5) is 10.3 Å². The molecule has 2 aromatic carbocycles. The Labute approximate surface area is 137 Å². The number of rotatable bonds is 2. The molecule has 4 rings (SSSR count). The van der Waals surface area contributed by atoms with Gasteiger partial charge in [-0.1, -0.05) is 41.0 Å². The summed E-state index contributed by atoms with van der Waals surface area (Å²) in [5.74, 6) is 0.347. The summed E-state index contributed by atoms with van der Waals surface area (Å²) >= 11 is 5.96. The number of aromatic nitrogens is 4. The van der Waals surface area contributed by atoms with E-state index in [0.717, 1.165) is 17.5 Å². The number of hydrogen-bond acceptors (Lipinski definition) is 4. The molecule has 1 aliphatic heterocycles. The fourth-order valence-corrected chi connectivity index (χ4v) is 3.04. The van der Waals surface area contributed by atoms with Crippen molar-refractivity contribution in [1.29, 1.82) is 0 Å². The molecule has 1 aromatic heterocycles. The molecule has 0 bridgehead atoms. The Kier molecular flexibility index (Phi) is 3.46. The zero-order valence-corrected chi connectivity index (χ0v) is 12.8. The third-order valence-electron chi connectivity index (χ3n) is 4.08. The first kappa shape index (κ1) is 14.1. The van der Waals surface area contributed by atoms with Crippen molar-refractivity contribution in [3.63, 3.8) is 0 Å². The Morgan fingerprint density at radius 1 is 1.04 bits per heavy atom. The Morgan fingerprint density at radius 3 is 2.48 bits per heavy atom. The number of halogens is 2. The van der Waals surface area contributed by atoms with Crippen LogP contribution in [-0.2, 0) is 0 Å². The molecule has 0 unspecified atom stereocenters. The molecule has 0 saturated carbocycles. The summed E-state index contributed by atoms with van der Waals surface area (Å²) in [6.07, 6.45) is 0.755. The van der Waals surface area contributed by atoms with Gasteiger partial charge in [0.05, 0.1) is 12.1 Å². The minimum absolute atomic E-state index is 0.0532. The lowest BCUT2D eigenvalue weighted by Crippen LogP contribution is -2.28. The van der Waals surface area contributed by atoms with Crippen LogP contribution in [0, 0.1) is 5.82 Å². The van der Waals surface area contributed by atoms with E-state index < -0.39 is 0 Å². The summed E-state index contributed by atoms with van der Waals surface area (Å²) in [6, 6.07) is 14.2. The maximum Gasteiger partial charge on any atom is 0.243 e. The molecular weight excluding hydrogens is 317 g/mol. The Morgan fingerprint density at radius 2 is 1.74 bits per heavy atom. The van der Waals surface area contributed by atoms with Gasteiger partial charge in [0.2, 0.25) is 5.95 Å². The van der Waals surface area contributed by atoms with Gasteiger partial charge in [0.1, 0.15) is 5.82 Å². The van der Waals surface area contributed by atoms with Crippen LogP contribution in [0.15, 0.2) is 48.5 Å². The first-order valence-corrected chi connectivity index (χ1v) is 7.64. The van der Waals surface area contributed by atoms with E-state index in [1.807, 2.05) is 24.3 Å². The number of tetrazole rings is 1. The summed E-state index contributed by atoms with van der Waals surface area (Å²) in [5, 5.41) is 15.9. The number of anilines is 1. The first-order valence-electron chi connectivity index (χ1n) is 7.26. The Hall–Kier alpha value is -2.47. The summed E-state index contributed by atoms with van der Waals surface area (Å²) in [4.78, 5) is 0. The van der Waals surface area contributed by atoms with E-state index in [4.69, 9.17) is 11.6 Å². The molecular formula is C16H13ClFN5. The molecule has 0 aliphatic carbocycles. The van der Waals surface area contributed by atoms with Crippen LogP contribution in [0.5, 0.6) is 0 Å². The van der Waals surface area contributed by atoms with E-state index >= 15 is 0 Å². The zero-order chi connectivity index (χ0) is 15.8. The van der Waals surface area contributed by atoms with Crippen LogP contribution in [0.3, 0.4) is 0 Å². The number of benzene rings is 2. The van der Waals surface area contributed by atoms with E-state index in [9.17, 15) is 4.39 Å². The van der Waals surface area contributed by atoms with Gasteiger partial charge in [-0.2, -0.15) is 0 Å². The highest BCUT2D eigenvalue weighted by Gasteiger charge is 2.30. The van der Waals surface area contributed by atoms with Gasteiger partial charge >= 0.3 is 0 Å². The molecule has 23 heavy (non-hydrogen) atoms. The Balaban J connectivity index is 1.71. The number of fused-ring (bicyclic) bond motifs is 1. The van der Waals surface area contributed by atoms with Gasteiger partial charge < -0.3 is 5.32 Å². The van der Waals surface area contributed by atoms with Gasteiger partial charge in [0, 0.05) is 5.02 Å². The van der Waals surface area contributed by atoms with Crippen molar-refractivity contribution in [2.24, 2.45) is 0 Å². The van der Waals surface area contributed by atoms with Crippen molar-refractivity contribution in [2.45, 2.75) is 18.5 Å². The maximum absolute atomic E-state index is 13.2. The van der Waals surface area contributed by atoms with Gasteiger partial charge in [0.15, 0.2) is 0 Å². The van der Waals surface area contributed by atoms with E-state index in [1.54, 1.807) is 16.8 Å². The van der Waals surface area contributed by atoms with E-state index in [2.05, 4.69) is 20.8 Å². The molecule has 0 fully saturated rings. The van der Waals surface area contributed by atoms with E-state index in [0.29, 0.717) is 11.0 Å². The quantitative estimate of drug-likeness (QED) is 0.780. The van der Waals surface area contributed by atoms with Gasteiger partial charge in [-0.05, 0) is 52.2 Å². The lowest BCUT2D eigenvalue weighted by atomic mass is 9.93. The fraction of sp³-hybridized carbons (Fsp3) is 0.188. The van der Waals surface area contributed by atoms with Crippen molar-refractivity contribution >= 4 is 17.5 Å². The van der Waals surface area contributed by atoms with E-state index in [1.165, 1.54) is 12.1 Å². The fourth-order valence-electron chi connectivity index (χ4n) is 2.91. The first-order chi connectivity index (χ1) is 11.2. The molecule has 116 valence electrons. The van der Waals surface area contributed by atoms with E-state index in [-0.39, 0.29) is 17.9 Å². The molecule has 7 heteroatoms. The van der Waals surface area contributed by atoms with Gasteiger partial charge in [-0.3, -0.25) is 0 Å². The van der Waals surface area contributed by atoms with Crippen molar-refractivity contribution in [1.82, 2.24) is 20.2 Å². The van der Waals surface area contributed by atoms with Crippen LogP contribution in [-0.4, -0.2) is 20.2 Å². The molecule has 0 amide bonds. The van der Waals surface area contributed by atoms with Gasteiger partial charge in [-0.25, -0.2) is 9.07 Å². The number of hydrogen-bond donors (Lipinski definition) is 1. The summed E-state index contributed by atoms with van der Waals surface area (Å²) in [7, 11) is 0. The summed E-state index contributed by atoms with van der Waals surface area (Å²) in [5.41, 5.74) is 2.08. The second-order valence-corrected chi connectivity index (χ2v) is 5.94. The smallest absolute Gasteiger partial charge is 0.243 e. The normalized spacial score (nSPS) is 19.9. The van der Waals surface area contributed by atoms with Gasteiger partial charge in [-0.15, -0.1) is 0 Å². The minimum atomic E-state index is -0.256. The average molecular weight is 330 g/mol. The zero-order valence-electron chi connectivity index (χ0n) is 12.0. The average Bonchev–Trinajstić information content (AvgIpc) is 3.04. The van der Waals surface area contributed by atoms with Crippen LogP contribution < -0.4 is 5.32 Å². The molecule has 5 nitrogen and oxygen atoms in total. The lowest BCUT2D eigenvalue weighted by molar-refractivity contribution is 0.423. The standard InChI is InChI=1S/C16H13ClFN5/c17-12-5-1-10(2-6-12)14-9-15(11-3-7-13(18)8-4-11)23-16(19-14)20-21-22-23/h1-8,14-15H,9H2,(H,19,20,22)/t14-,15-/m1/s1. The second kappa shape index (κ2) is 5.62. The van der Waals surface area contributed by atoms with Crippen LogP contribution >= 0.6 is 11.6 Å². The van der Waals surface area contributed by atoms with Crippen molar-refractivity contribution in [3.05, 3.63) is 70.5 Å². The predicted molar refractivity (Wildman–Crippen MR) is 84.8 cm³/mol. The van der Waals surface area contributed by atoms with Crippen LogP contribution in [0.25, 0.3) is 0 Å². The molecule has 3 aromatic rings.